The SMILES string of the molecule is COc1c(C(=O)O)nc(-c2ccc(F)cc2)c(F)c1N. The Hall–Kier alpha value is -2.70. The number of ether oxygens (including phenoxy) is 1. The molecule has 104 valence electrons. The van der Waals surface area contributed by atoms with Crippen LogP contribution in [0, 0.1) is 11.6 Å². The monoisotopic (exact) mass is 280 g/mol. The average Bonchev–Trinajstić information content (AvgIpc) is 2.42. The molecular formula is C13H10F2N2O3. The smallest absolute Gasteiger partial charge is 0.358 e. The number of carboxylic acids is 1. The van der Waals surface area contributed by atoms with Crippen molar-refractivity contribution in [3.63, 3.8) is 0 Å². The van der Waals surface area contributed by atoms with Crippen LogP contribution in [0.2, 0.25) is 0 Å². The van der Waals surface area contributed by atoms with Crippen LogP contribution in [0.1, 0.15) is 10.5 Å². The Bertz CT molecular complexity index is 672. The fraction of sp³-hybridized carbons (Fsp3) is 0.0769. The average molecular weight is 280 g/mol. The van der Waals surface area contributed by atoms with Gasteiger partial charge in [0.25, 0.3) is 0 Å². The summed E-state index contributed by atoms with van der Waals surface area (Å²) in [6.45, 7) is 0. The van der Waals surface area contributed by atoms with Gasteiger partial charge in [-0.05, 0) is 24.3 Å². The Kier molecular flexibility index (Phi) is 3.51. The van der Waals surface area contributed by atoms with E-state index in [2.05, 4.69) is 4.98 Å². The lowest BCUT2D eigenvalue weighted by Crippen LogP contribution is -2.10. The van der Waals surface area contributed by atoms with E-state index in [9.17, 15) is 13.6 Å². The summed E-state index contributed by atoms with van der Waals surface area (Å²) in [6.07, 6.45) is 0. The van der Waals surface area contributed by atoms with Gasteiger partial charge in [0.1, 0.15) is 17.2 Å². The Morgan fingerprint density at radius 2 is 1.90 bits per heavy atom. The van der Waals surface area contributed by atoms with Crippen LogP contribution in [0.4, 0.5) is 14.5 Å². The molecule has 0 bridgehead atoms. The van der Waals surface area contributed by atoms with Gasteiger partial charge in [0, 0.05) is 5.56 Å². The topological polar surface area (TPSA) is 85.4 Å². The number of hydrogen-bond acceptors (Lipinski definition) is 4. The van der Waals surface area contributed by atoms with E-state index in [0.717, 1.165) is 19.2 Å². The molecule has 0 spiro atoms. The summed E-state index contributed by atoms with van der Waals surface area (Å²) in [5, 5.41) is 9.05. The van der Waals surface area contributed by atoms with Crippen LogP contribution in [-0.4, -0.2) is 23.2 Å². The van der Waals surface area contributed by atoms with E-state index >= 15 is 0 Å². The highest BCUT2D eigenvalue weighted by Gasteiger charge is 2.23. The first-order valence-corrected chi connectivity index (χ1v) is 5.48. The number of aromatic nitrogens is 1. The number of carbonyl (C=O) groups is 1. The molecule has 2 aromatic rings. The van der Waals surface area contributed by atoms with Gasteiger partial charge in [0.15, 0.2) is 17.3 Å². The summed E-state index contributed by atoms with van der Waals surface area (Å²) in [5.41, 5.74) is 4.49. The van der Waals surface area contributed by atoms with Crippen LogP contribution < -0.4 is 10.5 Å². The van der Waals surface area contributed by atoms with Crippen LogP contribution in [0.15, 0.2) is 24.3 Å². The molecule has 0 aliphatic carbocycles. The maximum absolute atomic E-state index is 14.1. The largest absolute Gasteiger partial charge is 0.492 e. The molecule has 0 saturated carbocycles. The number of methoxy groups -OCH3 is 1. The standard InChI is InChI=1S/C13H10F2N2O3/c1-20-12-9(16)8(15)10(17-11(12)13(18)19)6-2-4-7(14)5-3-6/h2-5H,1H3,(H2,16,17)(H,18,19). The first-order valence-electron chi connectivity index (χ1n) is 5.48. The molecule has 1 heterocycles. The zero-order valence-corrected chi connectivity index (χ0v) is 10.4. The molecule has 0 saturated heterocycles. The summed E-state index contributed by atoms with van der Waals surface area (Å²) < 4.78 is 31.7. The molecule has 5 nitrogen and oxygen atoms in total. The fourth-order valence-electron chi connectivity index (χ4n) is 1.72. The Morgan fingerprint density at radius 3 is 2.40 bits per heavy atom. The number of hydrogen-bond donors (Lipinski definition) is 2. The van der Waals surface area contributed by atoms with Crippen LogP contribution in [-0.2, 0) is 0 Å². The molecule has 1 aromatic heterocycles. The zero-order chi connectivity index (χ0) is 14.9. The predicted octanol–water partition coefficient (Wildman–Crippen LogP) is 2.32. The quantitative estimate of drug-likeness (QED) is 0.901. The molecular weight excluding hydrogens is 270 g/mol. The highest BCUT2D eigenvalue weighted by molar-refractivity contribution is 5.92. The summed E-state index contributed by atoms with van der Waals surface area (Å²) >= 11 is 0. The molecule has 0 aliphatic rings. The minimum absolute atomic E-state index is 0.209. The zero-order valence-electron chi connectivity index (χ0n) is 10.4. The first kappa shape index (κ1) is 13.7. The molecule has 2 rings (SSSR count). The van der Waals surface area contributed by atoms with E-state index in [1.807, 2.05) is 0 Å². The Labute approximate surface area is 112 Å². The fourth-order valence-corrected chi connectivity index (χ4v) is 1.72. The number of nitrogen functional groups attached to an aromatic ring is 1. The highest BCUT2D eigenvalue weighted by atomic mass is 19.1. The van der Waals surface area contributed by atoms with Crippen molar-refractivity contribution >= 4 is 11.7 Å². The normalized spacial score (nSPS) is 10.3. The number of anilines is 1. The Morgan fingerprint density at radius 1 is 1.30 bits per heavy atom. The number of pyridine rings is 1. The second kappa shape index (κ2) is 5.12. The van der Waals surface area contributed by atoms with Crippen molar-refractivity contribution in [1.82, 2.24) is 4.98 Å². The van der Waals surface area contributed by atoms with E-state index < -0.39 is 29.0 Å². The lowest BCUT2D eigenvalue weighted by atomic mass is 10.1. The predicted molar refractivity (Wildman–Crippen MR) is 67.5 cm³/mol. The number of halogens is 2. The number of rotatable bonds is 3. The van der Waals surface area contributed by atoms with Gasteiger partial charge in [0.05, 0.1) is 7.11 Å². The summed E-state index contributed by atoms with van der Waals surface area (Å²) in [4.78, 5) is 14.8. The van der Waals surface area contributed by atoms with Gasteiger partial charge in [-0.1, -0.05) is 0 Å². The van der Waals surface area contributed by atoms with Crippen LogP contribution >= 0.6 is 0 Å². The van der Waals surface area contributed by atoms with Gasteiger partial charge >= 0.3 is 5.97 Å². The van der Waals surface area contributed by atoms with Crippen LogP contribution in [0.25, 0.3) is 11.3 Å². The number of nitrogens with zero attached hydrogens (tertiary/aromatic N) is 1. The van der Waals surface area contributed by atoms with Gasteiger partial charge < -0.3 is 15.6 Å². The first-order chi connectivity index (χ1) is 9.45. The minimum Gasteiger partial charge on any atom is -0.492 e. The highest BCUT2D eigenvalue weighted by Crippen LogP contribution is 2.33. The van der Waals surface area contributed by atoms with Crippen molar-refractivity contribution in [2.45, 2.75) is 0 Å². The van der Waals surface area contributed by atoms with E-state index in [0.29, 0.717) is 0 Å². The van der Waals surface area contributed by atoms with Gasteiger partial charge in [-0.2, -0.15) is 0 Å². The molecule has 0 atom stereocenters. The molecule has 1 aromatic carbocycles. The number of benzene rings is 1. The van der Waals surface area contributed by atoms with Crippen molar-refractivity contribution in [2.75, 3.05) is 12.8 Å². The van der Waals surface area contributed by atoms with Crippen LogP contribution in [0.3, 0.4) is 0 Å². The number of nitrogens with two attached hydrogens (primary N) is 1. The molecule has 0 aliphatic heterocycles. The van der Waals surface area contributed by atoms with Crippen molar-refractivity contribution in [3.8, 4) is 17.0 Å². The van der Waals surface area contributed by atoms with Gasteiger partial charge in [-0.15, -0.1) is 0 Å². The lowest BCUT2D eigenvalue weighted by molar-refractivity contribution is 0.0686. The summed E-state index contributed by atoms with van der Waals surface area (Å²) in [7, 11) is 1.16. The maximum atomic E-state index is 14.1. The van der Waals surface area contributed by atoms with E-state index in [1.54, 1.807) is 0 Å². The van der Waals surface area contributed by atoms with E-state index in [4.69, 9.17) is 15.6 Å². The summed E-state index contributed by atoms with van der Waals surface area (Å²) in [6, 6.07) is 4.77. The van der Waals surface area contributed by atoms with E-state index in [-0.39, 0.29) is 17.0 Å². The van der Waals surface area contributed by atoms with Gasteiger partial charge in [-0.25, -0.2) is 18.6 Å². The second-order valence-corrected chi connectivity index (χ2v) is 3.88. The van der Waals surface area contributed by atoms with Crippen molar-refractivity contribution < 1.29 is 23.4 Å². The second-order valence-electron chi connectivity index (χ2n) is 3.88. The van der Waals surface area contributed by atoms with Crippen molar-refractivity contribution in [3.05, 3.63) is 41.6 Å². The number of aromatic carboxylic acids is 1. The van der Waals surface area contributed by atoms with Crippen LogP contribution in [0.5, 0.6) is 5.75 Å². The number of carboxylic acid groups (broad SMARTS) is 1. The van der Waals surface area contributed by atoms with E-state index in [1.165, 1.54) is 12.1 Å². The third kappa shape index (κ3) is 2.25. The molecule has 0 unspecified atom stereocenters. The molecule has 20 heavy (non-hydrogen) atoms. The molecule has 0 fully saturated rings. The lowest BCUT2D eigenvalue weighted by Gasteiger charge is -2.12. The summed E-state index contributed by atoms with van der Waals surface area (Å²) in [5.74, 6) is -3.18. The molecule has 7 heteroatoms. The van der Waals surface area contributed by atoms with Crippen molar-refractivity contribution in [2.24, 2.45) is 0 Å². The minimum atomic E-state index is -1.41. The molecule has 0 radical (unpaired) electrons. The maximum Gasteiger partial charge on any atom is 0.358 e. The van der Waals surface area contributed by atoms with Crippen molar-refractivity contribution in [1.29, 1.82) is 0 Å². The van der Waals surface area contributed by atoms with Gasteiger partial charge in [-0.3, -0.25) is 0 Å². The third-order valence-electron chi connectivity index (χ3n) is 2.65. The third-order valence-corrected chi connectivity index (χ3v) is 2.65. The Balaban J connectivity index is 2.71. The molecule has 0 amide bonds. The van der Waals surface area contributed by atoms with Gasteiger partial charge in [0.2, 0.25) is 0 Å². The molecule has 3 N–H and O–H groups in total.